The van der Waals surface area contributed by atoms with Crippen LogP contribution in [0.15, 0.2) is 189 Å². The van der Waals surface area contributed by atoms with Crippen LogP contribution in [0.25, 0.3) is 89.7 Å². The average Bonchev–Trinajstić information content (AvgIpc) is 1.68. The third kappa shape index (κ3) is 11.1. The van der Waals surface area contributed by atoms with E-state index in [9.17, 15) is 54.7 Å². The van der Waals surface area contributed by atoms with Crippen LogP contribution in [0.1, 0.15) is 22.3 Å². The Kier molecular flexibility index (Phi) is 14.5. The molecular weight excluding hydrogens is 1270 g/mol. The van der Waals surface area contributed by atoms with Crippen LogP contribution in [0.3, 0.4) is 0 Å². The van der Waals surface area contributed by atoms with E-state index in [4.69, 9.17) is 39.9 Å². The van der Waals surface area contributed by atoms with Gasteiger partial charge in [-0.1, -0.05) is 24.3 Å². The number of rotatable bonds is 12. The minimum Gasteiger partial charge on any atom is -0.357 e. The fraction of sp³-hybridized carbons (Fsp3) is 0. The number of hydrogen-bond acceptors (Lipinski definition) is 18. The summed E-state index contributed by atoms with van der Waals surface area (Å²) < 4.78 is 123. The van der Waals surface area contributed by atoms with Crippen molar-refractivity contribution in [3.8, 4) is 69.8 Å². The van der Waals surface area contributed by atoms with E-state index in [0.717, 1.165) is 0 Å². The van der Waals surface area contributed by atoms with Crippen molar-refractivity contribution in [2.75, 3.05) is 18.9 Å². The van der Waals surface area contributed by atoms with E-state index in [1.807, 2.05) is 24.3 Å². The van der Waals surface area contributed by atoms with Crippen molar-refractivity contribution in [2.45, 2.75) is 19.6 Å². The summed E-state index contributed by atoms with van der Waals surface area (Å²) in [6, 6.07) is 47.1. The molecule has 3 aromatic heterocycles. The van der Waals surface area contributed by atoms with Gasteiger partial charge in [0.2, 0.25) is 0 Å². The molecule has 0 fully saturated rings. The minimum atomic E-state index is -4.38. The predicted molar refractivity (Wildman–Crippen MR) is 322 cm³/mol. The largest absolute Gasteiger partial charge is 2.00 e. The Hall–Kier alpha value is -11.3. The van der Waals surface area contributed by atoms with Gasteiger partial charge in [0, 0.05) is 67.6 Å². The molecule has 8 aromatic carbocycles. The van der Waals surface area contributed by atoms with Gasteiger partial charge < -0.3 is 29.9 Å². The topological polar surface area (TPSA) is 385 Å². The molecule has 0 saturated carbocycles. The number of sulfonamides is 4. The summed E-state index contributed by atoms with van der Waals surface area (Å²) in [6.45, 7) is 0. The van der Waals surface area contributed by atoms with E-state index >= 15 is 0 Å². The maximum atomic E-state index is 14.1. The molecule has 2 aliphatic heterocycles. The van der Waals surface area contributed by atoms with Crippen LogP contribution in [0, 0.1) is 45.3 Å². The first kappa shape index (κ1) is 58.1. The number of aromatic nitrogens is 8. The van der Waals surface area contributed by atoms with Crippen molar-refractivity contribution < 1.29 is 53.1 Å². The number of anilines is 4. The van der Waals surface area contributed by atoms with E-state index in [2.05, 4.69) is 18.9 Å². The smallest absolute Gasteiger partial charge is 0.357 e. The van der Waals surface area contributed by atoms with Crippen LogP contribution in [-0.2, 0) is 59.6 Å². The Balaban J connectivity index is 0.00000769. The molecule has 0 radical (unpaired) electrons. The standard InChI is InChI=1S/C60H32N16O8S4.Zn/c61-29-33-1-9-37(10-2-33)73-85(77,78)41-17-21-45-49(25-41)57-65-53(45)70-58-51-27-43(87(81,82)75-39-13-5-35(31-63)6-14-39)19-23-47(51)55(67-58)72-60-52-28-44(88(83,84)76-40-15-7-36(32-64)8-16-40)20-24-48(52)56(68-60)71-59-50-26-42(18-22-46(50)54(66-59)69-57)86(79,80)74-38-11-3-34(30-62)4-12-38;/h1-28,73-76H;/q-2;+2. The van der Waals surface area contributed by atoms with Crippen LogP contribution in [0.5, 0.6) is 0 Å². The molecule has 0 aliphatic carbocycles. The molecule has 89 heavy (non-hydrogen) atoms. The van der Waals surface area contributed by atoms with E-state index in [-0.39, 0.29) is 151 Å². The first-order valence-electron chi connectivity index (χ1n) is 25.7. The number of nitrogens with zero attached hydrogens (tertiary/aromatic N) is 12. The van der Waals surface area contributed by atoms with E-state index in [1.165, 1.54) is 170 Å². The van der Waals surface area contributed by atoms with Crippen LogP contribution >= 0.6 is 0 Å². The number of nitriles is 4. The molecule has 8 bridgehead atoms. The third-order valence-electron chi connectivity index (χ3n) is 13.9. The van der Waals surface area contributed by atoms with Gasteiger partial charge in [0.1, 0.15) is 0 Å². The zero-order valence-electron chi connectivity index (χ0n) is 45.1. The molecule has 426 valence electrons. The molecule has 13 rings (SSSR count). The van der Waals surface area contributed by atoms with Crippen LogP contribution < -0.4 is 28.9 Å². The van der Waals surface area contributed by atoms with Gasteiger partial charge >= 0.3 is 19.5 Å². The number of hydrogen-bond donors (Lipinski definition) is 4. The van der Waals surface area contributed by atoms with Crippen molar-refractivity contribution in [2.24, 2.45) is 0 Å². The second-order valence-electron chi connectivity index (χ2n) is 19.5. The molecule has 0 saturated heterocycles. The second-order valence-corrected chi connectivity index (χ2v) is 26.2. The molecule has 29 heteroatoms. The van der Waals surface area contributed by atoms with Gasteiger partial charge in [0.15, 0.2) is 0 Å². The van der Waals surface area contributed by atoms with Crippen LogP contribution in [0.2, 0.25) is 0 Å². The maximum absolute atomic E-state index is 14.1. The summed E-state index contributed by atoms with van der Waals surface area (Å²) in [5, 5.41) is 38.1. The molecule has 4 N–H and O–H groups in total. The molecule has 0 atom stereocenters. The Bertz CT molecular complexity index is 5340. The fourth-order valence-electron chi connectivity index (χ4n) is 9.56. The maximum Gasteiger partial charge on any atom is 2.00 e. The Labute approximate surface area is 517 Å². The Morgan fingerprint density at radius 2 is 0.539 bits per heavy atom. The normalized spacial score (nSPS) is 11.8. The van der Waals surface area contributed by atoms with Crippen LogP contribution in [0.4, 0.5) is 22.7 Å². The van der Waals surface area contributed by atoms with Gasteiger partial charge in [-0.3, -0.25) is 18.9 Å². The molecule has 2 aliphatic rings. The summed E-state index contributed by atoms with van der Waals surface area (Å²) >= 11 is 0. The van der Waals surface area contributed by atoms with E-state index < -0.39 is 40.1 Å². The van der Waals surface area contributed by atoms with Crippen molar-refractivity contribution in [1.29, 1.82) is 21.0 Å². The number of benzene rings is 8. The fourth-order valence-corrected chi connectivity index (χ4v) is 13.9. The van der Waals surface area contributed by atoms with Crippen molar-refractivity contribution in [3.05, 3.63) is 192 Å². The minimum absolute atomic E-state index is 0. The van der Waals surface area contributed by atoms with Crippen molar-refractivity contribution in [1.82, 2.24) is 39.9 Å². The quantitative estimate of drug-likeness (QED) is 0.0829. The Morgan fingerprint density at radius 1 is 0.292 bits per heavy atom. The summed E-state index contributed by atoms with van der Waals surface area (Å²) in [4.78, 5) is 37.9. The van der Waals surface area contributed by atoms with Crippen molar-refractivity contribution in [3.63, 3.8) is 0 Å². The molecule has 5 heterocycles. The van der Waals surface area contributed by atoms with Crippen molar-refractivity contribution >= 4 is 107 Å². The third-order valence-corrected chi connectivity index (χ3v) is 19.4. The molecule has 0 spiro atoms. The summed E-state index contributed by atoms with van der Waals surface area (Å²) in [6.07, 6.45) is 0. The second kappa shape index (κ2) is 22.2. The monoisotopic (exact) mass is 1300 g/mol. The molecule has 0 amide bonds. The number of fused-ring (bicyclic) bond motifs is 20. The summed E-state index contributed by atoms with van der Waals surface area (Å²) in [5.41, 5.74) is 2.02. The van der Waals surface area contributed by atoms with Gasteiger partial charge in [0.25, 0.3) is 40.1 Å². The van der Waals surface area contributed by atoms with Gasteiger partial charge in [-0.05, 0) is 167 Å². The molecule has 24 nitrogen and oxygen atoms in total. The van der Waals surface area contributed by atoms with Crippen LogP contribution in [-0.4, -0.2) is 63.6 Å². The van der Waals surface area contributed by atoms with Gasteiger partial charge in [-0.2, -0.15) is 21.0 Å². The van der Waals surface area contributed by atoms with Gasteiger partial charge in [-0.25, -0.2) is 43.6 Å². The SMILES string of the molecule is N#Cc1ccc(NS(=O)(=O)c2ccc3c(c2)-c2nc-3nc3[n-]c(nc4nc(nc5[n-]c(n2)c2ccc(S(=O)(=O)Nc6ccc(C#N)cc6)cc52)-c2ccc(S(=O)(=O)Nc5ccc(C#N)cc5)cc2-4)c2ccc(S(=O)(=O)Nc4ccc(C#N)cc4)cc32)cc1.[Zn+2]. The zero-order chi connectivity index (χ0) is 61.3. The molecule has 11 aromatic rings. The Morgan fingerprint density at radius 3 is 0.820 bits per heavy atom. The van der Waals surface area contributed by atoms with Gasteiger partial charge in [-0.15, -0.1) is 0 Å². The average molecular weight is 1300 g/mol. The van der Waals surface area contributed by atoms with E-state index in [0.29, 0.717) is 22.3 Å². The molecular formula is C60H32N16O8S4Zn. The first-order valence-corrected chi connectivity index (χ1v) is 31.6. The predicted octanol–water partition coefficient (Wildman–Crippen LogP) is 8.81. The first-order chi connectivity index (χ1) is 42.3. The zero-order valence-corrected chi connectivity index (χ0v) is 51.4. The molecule has 0 unspecified atom stereocenters. The number of nitrogens with one attached hydrogen (secondary N) is 4. The summed E-state index contributed by atoms with van der Waals surface area (Å²) in [7, 11) is -17.5. The van der Waals surface area contributed by atoms with Gasteiger partial charge in [0.05, 0.1) is 89.4 Å². The summed E-state index contributed by atoms with van der Waals surface area (Å²) in [5.74, 6) is -0.461. The van der Waals surface area contributed by atoms with E-state index in [1.54, 1.807) is 0 Å².